The van der Waals surface area contributed by atoms with Gasteiger partial charge in [-0.2, -0.15) is 0 Å². The molecule has 12 nitrogen and oxygen atoms in total. The van der Waals surface area contributed by atoms with Crippen molar-refractivity contribution in [2.45, 2.75) is 101 Å². The number of amides is 1. The summed E-state index contributed by atoms with van der Waals surface area (Å²) in [5.41, 5.74) is 5.86. The summed E-state index contributed by atoms with van der Waals surface area (Å²) in [6.45, 7) is 5.18. The largest absolute Gasteiger partial charge is 0.481 e. The number of hydrogen-bond acceptors (Lipinski definition) is 10. The van der Waals surface area contributed by atoms with E-state index in [0.717, 1.165) is 5.57 Å². The number of aliphatic hydroxyl groups excluding tert-OH is 5. The smallest absolute Gasteiger partial charge is 0.405 e. The fourth-order valence-electron chi connectivity index (χ4n) is 4.59. The van der Waals surface area contributed by atoms with Gasteiger partial charge in [-0.25, -0.2) is 9.59 Å². The van der Waals surface area contributed by atoms with Gasteiger partial charge >= 0.3 is 18.0 Å². The van der Waals surface area contributed by atoms with Crippen LogP contribution in [0.25, 0.3) is 0 Å². The molecule has 1 fully saturated rings. The highest BCUT2D eigenvalue weighted by molar-refractivity contribution is 6.30. The summed E-state index contributed by atoms with van der Waals surface area (Å²) in [6, 6.07) is 0. The van der Waals surface area contributed by atoms with Crippen molar-refractivity contribution in [2.75, 3.05) is 0 Å². The van der Waals surface area contributed by atoms with Gasteiger partial charge in [0, 0.05) is 29.9 Å². The maximum atomic E-state index is 12.1. The van der Waals surface area contributed by atoms with Crippen LogP contribution in [-0.4, -0.2) is 96.8 Å². The molecule has 8 N–H and O–H groups in total. The number of aliphatic carboxylic acids is 1. The summed E-state index contributed by atoms with van der Waals surface area (Å²) in [7, 11) is 0. The molecule has 1 rings (SSSR count). The summed E-state index contributed by atoms with van der Waals surface area (Å²) < 4.78 is 10.1. The second-order valence-electron chi connectivity index (χ2n) is 11.3. The molecule has 0 saturated heterocycles. The van der Waals surface area contributed by atoms with Crippen LogP contribution in [0.3, 0.4) is 0 Å². The van der Waals surface area contributed by atoms with Crippen molar-refractivity contribution in [3.63, 3.8) is 0 Å². The van der Waals surface area contributed by atoms with Crippen LogP contribution in [0.2, 0.25) is 0 Å². The lowest BCUT2D eigenvalue weighted by molar-refractivity contribution is -0.159. The number of hydrogen-bond donors (Lipinski definition) is 7. The Morgan fingerprint density at radius 1 is 0.979 bits per heavy atom. The quantitative estimate of drug-likeness (QED) is 0.0361. The predicted octanol–water partition coefficient (Wildman–Crippen LogP) is 3.39. The number of ether oxygens (including phenoxy) is 2. The molecule has 14 heteroatoms. The van der Waals surface area contributed by atoms with E-state index in [0.29, 0.717) is 12.8 Å². The lowest BCUT2D eigenvalue weighted by Gasteiger charge is -2.30. The van der Waals surface area contributed by atoms with Crippen molar-refractivity contribution in [3.8, 4) is 0 Å². The van der Waals surface area contributed by atoms with Crippen LogP contribution in [0.1, 0.15) is 52.9 Å². The van der Waals surface area contributed by atoms with Gasteiger partial charge in [-0.05, 0) is 38.3 Å². The number of carboxylic acid groups (broad SMARTS) is 1. The first-order chi connectivity index (χ1) is 22.1. The Balaban J connectivity index is 2.65. The molecule has 0 aromatic rings. The third kappa shape index (κ3) is 15.7. The van der Waals surface area contributed by atoms with Crippen LogP contribution in [-0.2, 0) is 19.1 Å². The van der Waals surface area contributed by atoms with Crippen LogP contribution in [0.4, 0.5) is 4.79 Å². The highest BCUT2D eigenvalue weighted by atomic mass is 35.5. The Morgan fingerprint density at radius 2 is 1.62 bits per heavy atom. The monoisotopic (exact) mass is 703 g/mol. The molecule has 264 valence electrons. The zero-order valence-corrected chi connectivity index (χ0v) is 28.2. The van der Waals surface area contributed by atoms with Crippen molar-refractivity contribution in [3.05, 3.63) is 71.4 Å². The minimum atomic E-state index is -1.69. The van der Waals surface area contributed by atoms with E-state index >= 15 is 0 Å². The normalized spacial score (nSPS) is 24.3. The number of primary amides is 1. The van der Waals surface area contributed by atoms with E-state index in [4.69, 9.17) is 43.5 Å². The molecule has 0 heterocycles. The molecular weight excluding hydrogens is 657 g/mol. The Hall–Kier alpha value is -2.97. The number of alkyl halides is 1. The Labute approximate surface area is 285 Å². The average Bonchev–Trinajstić information content (AvgIpc) is 3.02. The molecule has 0 aliphatic heterocycles. The number of rotatable bonds is 18. The van der Waals surface area contributed by atoms with Gasteiger partial charge in [0.1, 0.15) is 23.7 Å². The first-order valence-corrected chi connectivity index (χ1v) is 16.1. The molecule has 0 unspecified atom stereocenters. The van der Waals surface area contributed by atoms with Gasteiger partial charge < -0.3 is 45.8 Å². The highest BCUT2D eigenvalue weighted by Gasteiger charge is 2.36. The topological polar surface area (TPSA) is 217 Å². The van der Waals surface area contributed by atoms with Crippen LogP contribution < -0.4 is 5.73 Å². The molecule has 10 atom stereocenters. The molecule has 0 radical (unpaired) electrons. The average molecular weight is 705 g/mol. The number of aliphatic hydroxyl groups is 5. The molecule has 0 aromatic carbocycles. The molecule has 47 heavy (non-hydrogen) atoms. The van der Waals surface area contributed by atoms with Gasteiger partial charge in [0.15, 0.2) is 0 Å². The van der Waals surface area contributed by atoms with Gasteiger partial charge in [0.25, 0.3) is 0 Å². The zero-order valence-electron chi connectivity index (χ0n) is 26.6. The van der Waals surface area contributed by atoms with Gasteiger partial charge in [0.05, 0.1) is 30.3 Å². The molecule has 1 saturated carbocycles. The fraction of sp³-hybridized carbons (Fsp3) is 0.545. The molecule has 0 bridgehead atoms. The standard InChI is InChI=1S/C33H47Cl2NO11/c1-4-5-13-26(47-33(36)45)29(35)24(38)18-25(39)31(42)30(41)20(3)22(34)12-8-6-10-19(2)11-7-9-14-28(40)46-27-17-21(32(43)44)15-16-23(27)37/h5-14,20-21,23-27,29-31,37-39,41-42H,4,15-18H2,1-3H3,(H2,36,45)(H,43,44)/b8-6+,11-7+,13-5+,14-9+,19-10+,22-12-/t20-,21+,23+,24-,25+,26-,27-,29+,30-,31-/m1/s1. The van der Waals surface area contributed by atoms with E-state index in [1.807, 2.05) is 6.92 Å². The van der Waals surface area contributed by atoms with Gasteiger partial charge in [-0.15, -0.1) is 11.6 Å². The number of nitrogens with two attached hydrogens (primary N) is 1. The lowest BCUT2D eigenvalue weighted by Crippen LogP contribution is -2.45. The number of carbonyl (C=O) groups excluding carboxylic acids is 2. The maximum Gasteiger partial charge on any atom is 0.405 e. The highest BCUT2D eigenvalue weighted by Crippen LogP contribution is 2.28. The fourth-order valence-corrected chi connectivity index (χ4v) is 5.03. The van der Waals surface area contributed by atoms with Crippen LogP contribution in [0.5, 0.6) is 0 Å². The van der Waals surface area contributed by atoms with E-state index in [2.05, 4.69) is 0 Å². The van der Waals surface area contributed by atoms with Crippen molar-refractivity contribution < 1.29 is 54.5 Å². The van der Waals surface area contributed by atoms with Crippen LogP contribution >= 0.6 is 23.2 Å². The second kappa shape index (κ2) is 21.8. The molecule has 1 aliphatic carbocycles. The Bertz CT molecular complexity index is 1200. The van der Waals surface area contributed by atoms with E-state index in [-0.39, 0.29) is 17.9 Å². The Morgan fingerprint density at radius 3 is 2.23 bits per heavy atom. The zero-order chi connectivity index (χ0) is 35.7. The SMILES string of the molecule is CC/C=C/[C@@H](OC(N)=O)[C@@H](Cl)[C@H](O)C[C@H](O)[C@@H](O)[C@H](O)[C@H](C)/C(Cl)=C/C=C/C=C(C)/C=C/C=C/C(=O)O[C@@H]1C[C@@H](C(=O)O)CC[C@@H]1O. The molecule has 0 aromatic heterocycles. The summed E-state index contributed by atoms with van der Waals surface area (Å²) in [5.74, 6) is -3.13. The number of carboxylic acids is 1. The lowest BCUT2D eigenvalue weighted by atomic mass is 9.85. The van der Waals surface area contributed by atoms with Gasteiger partial charge in [-0.1, -0.05) is 73.6 Å². The Kier molecular flexibility index (Phi) is 19.5. The molecule has 1 amide bonds. The number of allylic oxidation sites excluding steroid dienone is 9. The van der Waals surface area contributed by atoms with Crippen molar-refractivity contribution in [1.29, 1.82) is 0 Å². The predicted molar refractivity (Wildman–Crippen MR) is 177 cm³/mol. The van der Waals surface area contributed by atoms with Crippen molar-refractivity contribution in [1.82, 2.24) is 0 Å². The van der Waals surface area contributed by atoms with Crippen molar-refractivity contribution in [2.24, 2.45) is 17.6 Å². The minimum absolute atomic E-state index is 0.0622. The molecule has 0 spiro atoms. The van der Waals surface area contributed by atoms with Crippen molar-refractivity contribution >= 4 is 41.2 Å². The number of halogens is 2. The van der Waals surface area contributed by atoms with Crippen LogP contribution in [0, 0.1) is 11.8 Å². The summed E-state index contributed by atoms with van der Waals surface area (Å²) in [6.07, 6.45) is 6.21. The molecule has 1 aliphatic rings. The third-order valence-corrected chi connectivity index (χ3v) is 8.48. The second-order valence-corrected chi connectivity index (χ2v) is 12.2. The van der Waals surface area contributed by atoms with E-state index in [9.17, 15) is 39.9 Å². The van der Waals surface area contributed by atoms with E-state index in [1.165, 1.54) is 24.3 Å². The number of esters is 1. The summed E-state index contributed by atoms with van der Waals surface area (Å²) in [4.78, 5) is 34.4. The first kappa shape index (κ1) is 42.1. The van der Waals surface area contributed by atoms with Crippen LogP contribution in [0.15, 0.2) is 71.4 Å². The summed E-state index contributed by atoms with van der Waals surface area (Å²) >= 11 is 12.5. The van der Waals surface area contributed by atoms with Gasteiger partial charge in [0.2, 0.25) is 0 Å². The maximum absolute atomic E-state index is 12.1. The summed E-state index contributed by atoms with van der Waals surface area (Å²) in [5, 5.41) is 60.2. The van der Waals surface area contributed by atoms with E-state index < -0.39 is 84.4 Å². The number of carbonyl (C=O) groups is 3. The third-order valence-electron chi connectivity index (χ3n) is 7.47. The van der Waals surface area contributed by atoms with Gasteiger partial charge in [-0.3, -0.25) is 4.79 Å². The molecular formula is C33H47Cl2NO11. The minimum Gasteiger partial charge on any atom is -0.481 e. The first-order valence-electron chi connectivity index (χ1n) is 15.2. The van der Waals surface area contributed by atoms with E-state index in [1.54, 1.807) is 50.3 Å².